The molecule has 2 aliphatic rings. The zero-order valence-electron chi connectivity index (χ0n) is 10.7. The average molecular weight is 225 g/mol. The van der Waals surface area contributed by atoms with Crippen molar-refractivity contribution < 1.29 is 4.74 Å². The fourth-order valence-corrected chi connectivity index (χ4v) is 3.58. The van der Waals surface area contributed by atoms with E-state index in [2.05, 4.69) is 6.92 Å². The normalized spacial score (nSPS) is 37.5. The smallest absolute Gasteiger partial charge is 0.0468 e. The predicted octanol–water partition coefficient (Wildman–Crippen LogP) is 3.10. The van der Waals surface area contributed by atoms with Crippen LogP contribution in [0.15, 0.2) is 0 Å². The molecule has 2 fully saturated rings. The third-order valence-corrected chi connectivity index (χ3v) is 4.60. The molecule has 0 radical (unpaired) electrons. The molecule has 2 rings (SSSR count). The van der Waals surface area contributed by atoms with Gasteiger partial charge in [-0.15, -0.1) is 0 Å². The second-order valence-electron chi connectivity index (χ2n) is 5.99. The summed E-state index contributed by atoms with van der Waals surface area (Å²) in [6.45, 7) is 4.22. The number of rotatable bonds is 3. The SMILES string of the molecule is CCC1CCCC(N)(CC2CCOCC2)C1. The Kier molecular flexibility index (Phi) is 4.26. The average Bonchev–Trinajstić information content (AvgIpc) is 2.29. The van der Waals surface area contributed by atoms with Crippen molar-refractivity contribution in [3.05, 3.63) is 0 Å². The lowest BCUT2D eigenvalue weighted by atomic mass is 9.70. The van der Waals surface area contributed by atoms with Crippen LogP contribution in [0.5, 0.6) is 0 Å². The maximum atomic E-state index is 6.62. The molecule has 2 N–H and O–H groups in total. The molecule has 0 aromatic heterocycles. The van der Waals surface area contributed by atoms with Gasteiger partial charge in [0, 0.05) is 18.8 Å². The van der Waals surface area contributed by atoms with Gasteiger partial charge in [0.25, 0.3) is 0 Å². The van der Waals surface area contributed by atoms with Gasteiger partial charge >= 0.3 is 0 Å². The molecule has 2 unspecified atom stereocenters. The lowest BCUT2D eigenvalue weighted by molar-refractivity contribution is 0.0497. The second-order valence-corrected chi connectivity index (χ2v) is 5.99. The van der Waals surface area contributed by atoms with Gasteiger partial charge in [0.1, 0.15) is 0 Å². The Bertz CT molecular complexity index is 213. The van der Waals surface area contributed by atoms with Gasteiger partial charge in [-0.2, -0.15) is 0 Å². The molecule has 0 amide bonds. The minimum absolute atomic E-state index is 0.154. The second kappa shape index (κ2) is 5.50. The van der Waals surface area contributed by atoms with Crippen molar-refractivity contribution in [2.45, 2.75) is 63.8 Å². The highest BCUT2D eigenvalue weighted by molar-refractivity contribution is 4.92. The van der Waals surface area contributed by atoms with E-state index in [1.165, 1.54) is 51.4 Å². The molecule has 1 aliphatic heterocycles. The van der Waals surface area contributed by atoms with E-state index in [1.807, 2.05) is 0 Å². The van der Waals surface area contributed by atoms with E-state index in [0.29, 0.717) is 0 Å². The number of ether oxygens (including phenoxy) is 1. The van der Waals surface area contributed by atoms with Gasteiger partial charge < -0.3 is 10.5 Å². The van der Waals surface area contributed by atoms with Crippen molar-refractivity contribution >= 4 is 0 Å². The molecule has 0 spiro atoms. The van der Waals surface area contributed by atoms with Crippen molar-refractivity contribution in [3.8, 4) is 0 Å². The summed E-state index contributed by atoms with van der Waals surface area (Å²) in [4.78, 5) is 0. The Morgan fingerprint density at radius 2 is 1.94 bits per heavy atom. The maximum Gasteiger partial charge on any atom is 0.0468 e. The quantitative estimate of drug-likeness (QED) is 0.801. The van der Waals surface area contributed by atoms with E-state index in [0.717, 1.165) is 25.0 Å². The fourth-order valence-electron chi connectivity index (χ4n) is 3.58. The van der Waals surface area contributed by atoms with E-state index in [-0.39, 0.29) is 5.54 Å². The summed E-state index contributed by atoms with van der Waals surface area (Å²) >= 11 is 0. The molecule has 2 atom stereocenters. The summed E-state index contributed by atoms with van der Waals surface area (Å²) in [5.41, 5.74) is 6.77. The molecule has 94 valence electrons. The number of nitrogens with two attached hydrogens (primary N) is 1. The Labute approximate surface area is 99.9 Å². The first-order valence-electron chi connectivity index (χ1n) is 7.08. The highest BCUT2D eigenvalue weighted by Gasteiger charge is 2.34. The van der Waals surface area contributed by atoms with Crippen LogP contribution < -0.4 is 5.73 Å². The van der Waals surface area contributed by atoms with Crippen molar-refractivity contribution in [2.24, 2.45) is 17.6 Å². The summed E-state index contributed by atoms with van der Waals surface area (Å²) in [5, 5.41) is 0. The predicted molar refractivity (Wildman–Crippen MR) is 67.3 cm³/mol. The molecule has 0 aromatic rings. The number of hydrogen-bond donors (Lipinski definition) is 1. The lowest BCUT2D eigenvalue weighted by Gasteiger charge is -2.40. The lowest BCUT2D eigenvalue weighted by Crippen LogP contribution is -2.46. The van der Waals surface area contributed by atoms with Crippen molar-refractivity contribution in [3.63, 3.8) is 0 Å². The van der Waals surface area contributed by atoms with Crippen LogP contribution in [0.2, 0.25) is 0 Å². The zero-order valence-corrected chi connectivity index (χ0v) is 10.7. The van der Waals surface area contributed by atoms with Crippen LogP contribution in [0.4, 0.5) is 0 Å². The molecular weight excluding hydrogens is 198 g/mol. The van der Waals surface area contributed by atoms with Crippen molar-refractivity contribution in [1.82, 2.24) is 0 Å². The standard InChI is InChI=1S/C14H27NO/c1-2-12-4-3-7-14(15,10-12)11-13-5-8-16-9-6-13/h12-13H,2-11,15H2,1H3. The molecule has 1 heterocycles. The van der Waals surface area contributed by atoms with Gasteiger partial charge in [-0.25, -0.2) is 0 Å². The molecule has 1 saturated heterocycles. The molecule has 2 heteroatoms. The Morgan fingerprint density at radius 1 is 1.19 bits per heavy atom. The molecule has 0 bridgehead atoms. The summed E-state index contributed by atoms with van der Waals surface area (Å²) in [6, 6.07) is 0. The first-order chi connectivity index (χ1) is 7.72. The first-order valence-corrected chi connectivity index (χ1v) is 7.08. The highest BCUT2D eigenvalue weighted by atomic mass is 16.5. The van der Waals surface area contributed by atoms with Gasteiger partial charge in [-0.3, -0.25) is 0 Å². The highest BCUT2D eigenvalue weighted by Crippen LogP contribution is 2.38. The van der Waals surface area contributed by atoms with Gasteiger partial charge in [-0.1, -0.05) is 26.2 Å². The molecule has 0 aromatic carbocycles. The number of hydrogen-bond acceptors (Lipinski definition) is 2. The topological polar surface area (TPSA) is 35.2 Å². The van der Waals surface area contributed by atoms with E-state index in [4.69, 9.17) is 10.5 Å². The summed E-state index contributed by atoms with van der Waals surface area (Å²) in [7, 11) is 0. The molecular formula is C14H27NO. The monoisotopic (exact) mass is 225 g/mol. The third kappa shape index (κ3) is 3.21. The van der Waals surface area contributed by atoms with E-state index in [1.54, 1.807) is 0 Å². The van der Waals surface area contributed by atoms with Crippen molar-refractivity contribution in [2.75, 3.05) is 13.2 Å². The van der Waals surface area contributed by atoms with Crippen LogP contribution in [-0.4, -0.2) is 18.8 Å². The van der Waals surface area contributed by atoms with E-state index >= 15 is 0 Å². The van der Waals surface area contributed by atoms with Crippen LogP contribution in [0.3, 0.4) is 0 Å². The van der Waals surface area contributed by atoms with Crippen LogP contribution in [0.1, 0.15) is 58.3 Å². The Hall–Kier alpha value is -0.0800. The largest absolute Gasteiger partial charge is 0.381 e. The van der Waals surface area contributed by atoms with Gasteiger partial charge in [0.05, 0.1) is 0 Å². The van der Waals surface area contributed by atoms with Crippen molar-refractivity contribution in [1.29, 1.82) is 0 Å². The van der Waals surface area contributed by atoms with Gasteiger partial charge in [0.15, 0.2) is 0 Å². The van der Waals surface area contributed by atoms with Gasteiger partial charge in [0.2, 0.25) is 0 Å². The van der Waals surface area contributed by atoms with E-state index < -0.39 is 0 Å². The van der Waals surface area contributed by atoms with Crippen LogP contribution in [0.25, 0.3) is 0 Å². The molecule has 1 saturated carbocycles. The van der Waals surface area contributed by atoms with Crippen LogP contribution in [-0.2, 0) is 4.74 Å². The third-order valence-electron chi connectivity index (χ3n) is 4.60. The zero-order chi connectivity index (χ0) is 11.4. The summed E-state index contributed by atoms with van der Waals surface area (Å²) < 4.78 is 5.42. The molecule has 2 nitrogen and oxygen atoms in total. The minimum atomic E-state index is 0.154. The minimum Gasteiger partial charge on any atom is -0.381 e. The summed E-state index contributed by atoms with van der Waals surface area (Å²) in [5.74, 6) is 1.72. The van der Waals surface area contributed by atoms with Gasteiger partial charge in [-0.05, 0) is 43.9 Å². The maximum absolute atomic E-state index is 6.62. The van der Waals surface area contributed by atoms with Crippen LogP contribution in [0, 0.1) is 11.8 Å². The van der Waals surface area contributed by atoms with E-state index in [9.17, 15) is 0 Å². The fraction of sp³-hybridized carbons (Fsp3) is 1.00. The van der Waals surface area contributed by atoms with Crippen LogP contribution >= 0.6 is 0 Å². The summed E-state index contributed by atoms with van der Waals surface area (Å²) in [6.07, 6.45) is 10.3. The Balaban J connectivity index is 1.85. The Morgan fingerprint density at radius 3 is 2.62 bits per heavy atom. The first kappa shape index (κ1) is 12.4. The molecule has 16 heavy (non-hydrogen) atoms. The molecule has 1 aliphatic carbocycles.